The minimum Gasteiger partial charge on any atom is -0.408 e. The Morgan fingerprint density at radius 2 is 2.19 bits per heavy atom. The first-order chi connectivity index (χ1) is 9.95. The predicted molar refractivity (Wildman–Crippen MR) is 75.5 cm³/mol. The molecule has 1 saturated heterocycles. The fourth-order valence-electron chi connectivity index (χ4n) is 2.72. The molecule has 0 aliphatic carbocycles. The quantitative estimate of drug-likeness (QED) is 0.878. The number of aliphatic hydroxyl groups is 1. The Morgan fingerprint density at radius 3 is 2.90 bits per heavy atom. The molecule has 1 N–H and O–H groups in total. The second-order valence-corrected chi connectivity index (χ2v) is 7.04. The monoisotopic (exact) mass is 312 g/mol. The van der Waals surface area contributed by atoms with Crippen molar-refractivity contribution in [2.75, 3.05) is 13.2 Å². The first kappa shape index (κ1) is 14.3. The van der Waals surface area contributed by atoms with Crippen LogP contribution in [0.2, 0.25) is 0 Å². The van der Waals surface area contributed by atoms with Crippen molar-refractivity contribution in [1.82, 2.24) is 8.87 Å². The lowest BCUT2D eigenvalue weighted by Crippen LogP contribution is -2.37. The molecule has 0 saturated carbocycles. The van der Waals surface area contributed by atoms with Gasteiger partial charge in [-0.3, -0.25) is 4.57 Å². The van der Waals surface area contributed by atoms with Gasteiger partial charge in [-0.2, -0.15) is 4.31 Å². The van der Waals surface area contributed by atoms with Gasteiger partial charge in [0, 0.05) is 25.7 Å². The summed E-state index contributed by atoms with van der Waals surface area (Å²) >= 11 is 0. The maximum Gasteiger partial charge on any atom is 0.419 e. The highest BCUT2D eigenvalue weighted by Gasteiger charge is 2.35. The van der Waals surface area contributed by atoms with Crippen LogP contribution >= 0.6 is 0 Å². The largest absolute Gasteiger partial charge is 0.419 e. The Kier molecular flexibility index (Phi) is 3.39. The standard InChI is InChI=1S/C13H16N2O5S/c1-14-11-5-4-10(7-12(11)20-13(14)17)21(18,19)15-6-2-3-9(15)8-16/h4-5,7,9,16H,2-3,6,8H2,1H3. The highest BCUT2D eigenvalue weighted by molar-refractivity contribution is 7.89. The number of nitrogens with zero attached hydrogens (tertiary/aromatic N) is 2. The van der Waals surface area contributed by atoms with Crippen LogP contribution in [0.25, 0.3) is 11.1 Å². The normalized spacial score (nSPS) is 20.4. The Bertz CT molecular complexity index is 836. The lowest BCUT2D eigenvalue weighted by atomic mass is 10.2. The van der Waals surface area contributed by atoms with Crippen molar-refractivity contribution in [3.8, 4) is 0 Å². The third-order valence-corrected chi connectivity index (χ3v) is 5.85. The van der Waals surface area contributed by atoms with Crippen molar-refractivity contribution in [3.63, 3.8) is 0 Å². The highest BCUT2D eigenvalue weighted by Crippen LogP contribution is 2.27. The molecule has 1 unspecified atom stereocenters. The maximum absolute atomic E-state index is 12.6. The van der Waals surface area contributed by atoms with Crippen LogP contribution < -0.4 is 5.76 Å². The number of sulfonamides is 1. The van der Waals surface area contributed by atoms with Gasteiger partial charge in [0.25, 0.3) is 0 Å². The molecule has 2 aromatic rings. The van der Waals surface area contributed by atoms with Crippen LogP contribution in [-0.4, -0.2) is 41.6 Å². The van der Waals surface area contributed by atoms with Crippen molar-refractivity contribution >= 4 is 21.1 Å². The fraction of sp³-hybridized carbons (Fsp3) is 0.462. The van der Waals surface area contributed by atoms with Crippen LogP contribution in [0.3, 0.4) is 0 Å². The number of aromatic nitrogens is 1. The highest BCUT2D eigenvalue weighted by atomic mass is 32.2. The fourth-order valence-corrected chi connectivity index (χ4v) is 4.42. The van der Waals surface area contributed by atoms with Gasteiger partial charge in [-0.1, -0.05) is 0 Å². The van der Waals surface area contributed by atoms with E-state index in [1.54, 1.807) is 13.1 Å². The summed E-state index contributed by atoms with van der Waals surface area (Å²) in [5, 5.41) is 9.29. The molecule has 1 aromatic carbocycles. The topological polar surface area (TPSA) is 92.8 Å². The van der Waals surface area contributed by atoms with E-state index in [2.05, 4.69) is 0 Å². The summed E-state index contributed by atoms with van der Waals surface area (Å²) in [6, 6.07) is 3.99. The Labute approximate surface area is 121 Å². The number of aryl methyl sites for hydroxylation is 1. The predicted octanol–water partition coefficient (Wildman–Crippen LogP) is 0.277. The molecule has 3 rings (SSSR count). The molecular weight excluding hydrogens is 296 g/mol. The van der Waals surface area contributed by atoms with Crippen LogP contribution in [0.1, 0.15) is 12.8 Å². The van der Waals surface area contributed by atoms with Gasteiger partial charge >= 0.3 is 5.76 Å². The third-order valence-electron chi connectivity index (χ3n) is 3.90. The summed E-state index contributed by atoms with van der Waals surface area (Å²) in [5.74, 6) is -0.533. The van der Waals surface area contributed by atoms with Gasteiger partial charge in [-0.15, -0.1) is 0 Å². The van der Waals surface area contributed by atoms with E-state index in [4.69, 9.17) is 4.42 Å². The summed E-state index contributed by atoms with van der Waals surface area (Å²) in [5.41, 5.74) is 0.780. The number of hydrogen-bond donors (Lipinski definition) is 1. The molecule has 0 amide bonds. The molecule has 1 aliphatic rings. The molecule has 0 spiro atoms. The summed E-state index contributed by atoms with van der Waals surface area (Å²) in [7, 11) is -2.13. The summed E-state index contributed by atoms with van der Waals surface area (Å²) in [4.78, 5) is 11.5. The smallest absolute Gasteiger partial charge is 0.408 e. The van der Waals surface area contributed by atoms with Crippen LogP contribution in [-0.2, 0) is 17.1 Å². The zero-order valence-corrected chi connectivity index (χ0v) is 12.3. The van der Waals surface area contributed by atoms with Crippen molar-refractivity contribution < 1.29 is 17.9 Å². The average Bonchev–Trinajstić information content (AvgIpc) is 3.04. The molecule has 1 aromatic heterocycles. The van der Waals surface area contributed by atoms with Crippen LogP contribution in [0, 0.1) is 0 Å². The van der Waals surface area contributed by atoms with E-state index in [0.29, 0.717) is 18.5 Å². The molecule has 8 heteroatoms. The lowest BCUT2D eigenvalue weighted by molar-refractivity contribution is 0.213. The molecule has 1 atom stereocenters. The Morgan fingerprint density at radius 1 is 1.43 bits per heavy atom. The molecule has 1 aliphatic heterocycles. The average molecular weight is 312 g/mol. The molecule has 7 nitrogen and oxygen atoms in total. The molecular formula is C13H16N2O5S. The van der Waals surface area contributed by atoms with E-state index in [0.717, 1.165) is 6.42 Å². The van der Waals surface area contributed by atoms with E-state index in [9.17, 15) is 18.3 Å². The minimum absolute atomic E-state index is 0.0738. The Hall–Kier alpha value is -1.64. The van der Waals surface area contributed by atoms with Gasteiger partial charge in [0.05, 0.1) is 17.0 Å². The second-order valence-electron chi connectivity index (χ2n) is 5.15. The Balaban J connectivity index is 2.09. The van der Waals surface area contributed by atoms with Gasteiger partial charge in [-0.05, 0) is 25.0 Å². The molecule has 0 bridgehead atoms. The van der Waals surface area contributed by atoms with Crippen molar-refractivity contribution in [3.05, 3.63) is 28.7 Å². The zero-order chi connectivity index (χ0) is 15.2. The SMILES string of the molecule is Cn1c(=O)oc2cc(S(=O)(=O)N3CCCC3CO)ccc21. The van der Waals surface area contributed by atoms with Crippen molar-refractivity contribution in [2.24, 2.45) is 7.05 Å². The van der Waals surface area contributed by atoms with Gasteiger partial charge < -0.3 is 9.52 Å². The van der Waals surface area contributed by atoms with Crippen molar-refractivity contribution in [2.45, 2.75) is 23.8 Å². The summed E-state index contributed by atoms with van der Waals surface area (Å²) < 4.78 is 32.9. The lowest BCUT2D eigenvalue weighted by Gasteiger charge is -2.22. The van der Waals surface area contributed by atoms with E-state index in [1.165, 1.54) is 21.0 Å². The molecule has 114 valence electrons. The zero-order valence-electron chi connectivity index (χ0n) is 11.5. The van der Waals surface area contributed by atoms with E-state index in [-0.39, 0.29) is 23.1 Å². The molecule has 2 heterocycles. The van der Waals surface area contributed by atoms with Gasteiger partial charge in [0.15, 0.2) is 5.58 Å². The number of aliphatic hydroxyl groups excluding tert-OH is 1. The van der Waals surface area contributed by atoms with Crippen LogP contribution in [0.15, 0.2) is 32.3 Å². The summed E-state index contributed by atoms with van der Waals surface area (Å²) in [6.07, 6.45) is 1.38. The minimum atomic E-state index is -3.69. The third kappa shape index (κ3) is 2.19. The van der Waals surface area contributed by atoms with Gasteiger partial charge in [-0.25, -0.2) is 13.2 Å². The number of oxazole rings is 1. The maximum atomic E-state index is 12.6. The second kappa shape index (κ2) is 4.97. The van der Waals surface area contributed by atoms with E-state index in [1.807, 2.05) is 0 Å². The molecule has 1 fully saturated rings. The molecule has 0 radical (unpaired) electrons. The van der Waals surface area contributed by atoms with Crippen LogP contribution in [0.4, 0.5) is 0 Å². The van der Waals surface area contributed by atoms with Crippen LogP contribution in [0.5, 0.6) is 0 Å². The first-order valence-corrected chi connectivity index (χ1v) is 8.11. The number of fused-ring (bicyclic) bond motifs is 1. The first-order valence-electron chi connectivity index (χ1n) is 6.67. The van der Waals surface area contributed by atoms with Crippen molar-refractivity contribution in [1.29, 1.82) is 0 Å². The molecule has 21 heavy (non-hydrogen) atoms. The van der Waals surface area contributed by atoms with Gasteiger partial charge in [0.2, 0.25) is 10.0 Å². The van der Waals surface area contributed by atoms with Gasteiger partial charge in [0.1, 0.15) is 0 Å². The number of rotatable bonds is 3. The van der Waals surface area contributed by atoms with E-state index < -0.39 is 15.8 Å². The van der Waals surface area contributed by atoms with E-state index >= 15 is 0 Å². The summed E-state index contributed by atoms with van der Waals surface area (Å²) in [6.45, 7) is 0.201. The number of hydrogen-bond acceptors (Lipinski definition) is 5. The number of benzene rings is 1.